The molecule has 5 nitrogen and oxygen atoms in total. The number of rotatable bonds is 6. The van der Waals surface area contributed by atoms with E-state index in [-0.39, 0.29) is 19.0 Å². The minimum absolute atomic E-state index is 0. The highest BCUT2D eigenvalue weighted by molar-refractivity contribution is 5.89. The summed E-state index contributed by atoms with van der Waals surface area (Å²) < 4.78 is 5.90. The second-order valence-corrected chi connectivity index (χ2v) is 6.05. The van der Waals surface area contributed by atoms with Gasteiger partial charge in [-0.25, -0.2) is 0 Å². The number of hydrogen-bond acceptors (Lipinski definition) is 5. The van der Waals surface area contributed by atoms with E-state index in [2.05, 4.69) is 10.5 Å². The number of nitrogens with zero attached hydrogens (tertiary/aromatic N) is 1. The molecule has 0 saturated carbocycles. The van der Waals surface area contributed by atoms with Crippen molar-refractivity contribution in [3.8, 4) is 0 Å². The van der Waals surface area contributed by atoms with Crippen LogP contribution in [0.2, 0.25) is 0 Å². The molecule has 3 aromatic rings. The van der Waals surface area contributed by atoms with Crippen LogP contribution in [0.4, 0.5) is 0 Å². The number of benzene rings is 2. The fraction of sp³-hybridized carbons (Fsp3) is 0.316. The molecule has 3 rings (SSSR count). The van der Waals surface area contributed by atoms with Gasteiger partial charge in [-0.2, -0.15) is 0 Å². The minimum Gasteiger partial charge on any atom is -0.456 e. The van der Waals surface area contributed by atoms with Crippen molar-refractivity contribution in [2.45, 2.75) is 26.0 Å². The molecule has 2 aromatic carbocycles. The van der Waals surface area contributed by atoms with Gasteiger partial charge in [-0.15, -0.1) is 12.4 Å². The lowest BCUT2D eigenvalue weighted by molar-refractivity contribution is 0.0349. The van der Waals surface area contributed by atoms with Gasteiger partial charge in [0.15, 0.2) is 0 Å². The predicted molar refractivity (Wildman–Crippen MR) is 102 cm³/mol. The SMILES string of the molecule is CC(C)NCC(O)CON=c1c2ccccc2oc2ccccc12.Cl. The predicted octanol–water partition coefficient (Wildman–Crippen LogP) is 3.20. The summed E-state index contributed by atoms with van der Waals surface area (Å²) >= 11 is 0. The van der Waals surface area contributed by atoms with Crippen LogP contribution in [-0.2, 0) is 4.84 Å². The summed E-state index contributed by atoms with van der Waals surface area (Å²) in [7, 11) is 0. The molecule has 0 aliphatic carbocycles. The molecule has 1 atom stereocenters. The molecule has 2 N–H and O–H groups in total. The first-order chi connectivity index (χ1) is 11.6. The molecule has 0 saturated heterocycles. The Balaban J connectivity index is 0.00000225. The van der Waals surface area contributed by atoms with Crippen LogP contribution in [0.1, 0.15) is 13.8 Å². The zero-order valence-electron chi connectivity index (χ0n) is 14.3. The van der Waals surface area contributed by atoms with E-state index < -0.39 is 6.10 Å². The molecule has 0 bridgehead atoms. The van der Waals surface area contributed by atoms with Gasteiger partial charge in [0.25, 0.3) is 0 Å². The lowest BCUT2D eigenvalue weighted by Crippen LogP contribution is -2.34. The molecule has 0 amide bonds. The lowest BCUT2D eigenvalue weighted by atomic mass is 10.1. The Labute approximate surface area is 152 Å². The van der Waals surface area contributed by atoms with Crippen molar-refractivity contribution < 1.29 is 14.4 Å². The Kier molecular flexibility index (Phi) is 6.82. The van der Waals surface area contributed by atoms with Crippen LogP contribution in [0.15, 0.2) is 58.1 Å². The first-order valence-electron chi connectivity index (χ1n) is 8.13. The van der Waals surface area contributed by atoms with Crippen LogP contribution in [0.5, 0.6) is 0 Å². The molecule has 0 radical (unpaired) electrons. The van der Waals surface area contributed by atoms with Crippen molar-refractivity contribution in [3.05, 3.63) is 53.9 Å². The fourth-order valence-corrected chi connectivity index (χ4v) is 2.48. The number of aliphatic hydroxyl groups excluding tert-OH is 1. The van der Waals surface area contributed by atoms with Gasteiger partial charge in [-0.1, -0.05) is 43.3 Å². The van der Waals surface area contributed by atoms with E-state index in [1.165, 1.54) is 0 Å². The van der Waals surface area contributed by atoms with E-state index in [9.17, 15) is 5.11 Å². The third-order valence-corrected chi connectivity index (χ3v) is 3.69. The Morgan fingerprint density at radius 3 is 2.16 bits per heavy atom. The highest BCUT2D eigenvalue weighted by Gasteiger charge is 2.07. The molecular formula is C19H23ClN2O3. The number of nitrogens with one attached hydrogen (secondary N) is 1. The second kappa shape index (κ2) is 8.85. The number of aliphatic hydroxyl groups is 1. The van der Waals surface area contributed by atoms with Gasteiger partial charge in [-0.05, 0) is 24.3 Å². The van der Waals surface area contributed by atoms with Gasteiger partial charge >= 0.3 is 0 Å². The van der Waals surface area contributed by atoms with E-state index in [1.807, 2.05) is 62.4 Å². The van der Waals surface area contributed by atoms with Crippen LogP contribution < -0.4 is 10.7 Å². The molecule has 0 aliphatic rings. The maximum atomic E-state index is 9.94. The van der Waals surface area contributed by atoms with Crippen molar-refractivity contribution in [1.82, 2.24) is 5.32 Å². The number of hydrogen-bond donors (Lipinski definition) is 2. The number of halogens is 1. The average molecular weight is 363 g/mol. The summed E-state index contributed by atoms with van der Waals surface area (Å²) in [6, 6.07) is 15.7. The van der Waals surface area contributed by atoms with E-state index in [0.29, 0.717) is 12.6 Å². The van der Waals surface area contributed by atoms with Crippen molar-refractivity contribution in [1.29, 1.82) is 0 Å². The molecule has 6 heteroatoms. The van der Waals surface area contributed by atoms with Gasteiger partial charge in [0.2, 0.25) is 0 Å². The van der Waals surface area contributed by atoms with Crippen molar-refractivity contribution in [3.63, 3.8) is 0 Å². The Bertz CT molecular complexity index is 835. The molecule has 1 unspecified atom stereocenters. The van der Waals surface area contributed by atoms with Crippen LogP contribution in [0, 0.1) is 0 Å². The fourth-order valence-electron chi connectivity index (χ4n) is 2.48. The number of para-hydroxylation sites is 2. The zero-order valence-corrected chi connectivity index (χ0v) is 15.1. The van der Waals surface area contributed by atoms with Gasteiger partial charge in [-0.3, -0.25) is 0 Å². The highest BCUT2D eigenvalue weighted by Crippen LogP contribution is 2.17. The lowest BCUT2D eigenvalue weighted by Gasteiger charge is -2.12. The van der Waals surface area contributed by atoms with Crippen LogP contribution >= 0.6 is 12.4 Å². The van der Waals surface area contributed by atoms with Gasteiger partial charge < -0.3 is 19.7 Å². The van der Waals surface area contributed by atoms with E-state index in [4.69, 9.17) is 9.25 Å². The first kappa shape index (κ1) is 19.2. The second-order valence-electron chi connectivity index (χ2n) is 6.05. The van der Waals surface area contributed by atoms with Crippen molar-refractivity contribution in [2.75, 3.05) is 13.2 Å². The Morgan fingerprint density at radius 2 is 1.60 bits per heavy atom. The summed E-state index contributed by atoms with van der Waals surface area (Å²) in [5.74, 6) is 0. The molecule has 1 heterocycles. The summed E-state index contributed by atoms with van der Waals surface area (Å²) in [6.45, 7) is 4.67. The summed E-state index contributed by atoms with van der Waals surface area (Å²) in [6.07, 6.45) is -0.609. The van der Waals surface area contributed by atoms with E-state index in [1.54, 1.807) is 0 Å². The molecule has 134 valence electrons. The topological polar surface area (TPSA) is 67.0 Å². The Hall–Kier alpha value is -2.08. The van der Waals surface area contributed by atoms with E-state index >= 15 is 0 Å². The normalized spacial score (nSPS) is 12.2. The van der Waals surface area contributed by atoms with Gasteiger partial charge in [0, 0.05) is 23.4 Å². The molecule has 0 spiro atoms. The summed E-state index contributed by atoms with van der Waals surface area (Å²) in [5.41, 5.74) is 1.50. The largest absolute Gasteiger partial charge is 0.456 e. The molecule has 0 aliphatic heterocycles. The van der Waals surface area contributed by atoms with Crippen molar-refractivity contribution in [2.24, 2.45) is 5.16 Å². The van der Waals surface area contributed by atoms with Gasteiger partial charge in [0.05, 0.1) is 0 Å². The molecule has 25 heavy (non-hydrogen) atoms. The number of fused-ring (bicyclic) bond motifs is 2. The third kappa shape index (κ3) is 4.72. The molecule has 0 fully saturated rings. The summed E-state index contributed by atoms with van der Waals surface area (Å²) in [5, 5.41) is 19.9. The van der Waals surface area contributed by atoms with Crippen LogP contribution in [0.25, 0.3) is 21.9 Å². The quantitative estimate of drug-likeness (QED) is 0.522. The van der Waals surface area contributed by atoms with Crippen LogP contribution in [-0.4, -0.2) is 30.4 Å². The average Bonchev–Trinajstić information content (AvgIpc) is 2.59. The van der Waals surface area contributed by atoms with E-state index in [0.717, 1.165) is 27.3 Å². The third-order valence-electron chi connectivity index (χ3n) is 3.69. The monoisotopic (exact) mass is 362 g/mol. The molecular weight excluding hydrogens is 340 g/mol. The maximum absolute atomic E-state index is 9.94. The highest BCUT2D eigenvalue weighted by atomic mass is 35.5. The standard InChI is InChI=1S/C19H22N2O3.ClH/c1-13(2)20-11-14(22)12-23-21-19-15-7-3-5-9-17(15)24-18-10-6-4-8-16(18)19;/h3-10,13-14,20,22H,11-12H2,1-2H3;1H. The Morgan fingerprint density at radius 1 is 1.04 bits per heavy atom. The minimum atomic E-state index is -0.609. The zero-order chi connectivity index (χ0) is 16.9. The van der Waals surface area contributed by atoms with Crippen LogP contribution in [0.3, 0.4) is 0 Å². The maximum Gasteiger partial charge on any atom is 0.144 e. The summed E-state index contributed by atoms with van der Waals surface area (Å²) in [4.78, 5) is 5.42. The smallest absolute Gasteiger partial charge is 0.144 e. The molecule has 1 aromatic heterocycles. The first-order valence-corrected chi connectivity index (χ1v) is 8.13. The van der Waals surface area contributed by atoms with Crippen molar-refractivity contribution >= 4 is 34.3 Å². The van der Waals surface area contributed by atoms with Gasteiger partial charge in [0.1, 0.15) is 29.2 Å².